The van der Waals surface area contributed by atoms with Gasteiger partial charge in [-0.2, -0.15) is 0 Å². The van der Waals surface area contributed by atoms with Crippen LogP contribution in [-0.4, -0.2) is 11.9 Å². The average molecular weight is 126 g/mol. The molecule has 1 aliphatic heterocycles. The molecule has 3 heteroatoms. The second-order valence-electron chi connectivity index (χ2n) is 2.24. The van der Waals surface area contributed by atoms with Crippen LogP contribution in [0.3, 0.4) is 0 Å². The van der Waals surface area contributed by atoms with Gasteiger partial charge >= 0.3 is 0 Å². The van der Waals surface area contributed by atoms with E-state index < -0.39 is 0 Å². The monoisotopic (exact) mass is 126 g/mol. The van der Waals surface area contributed by atoms with E-state index in [2.05, 4.69) is 11.9 Å². The van der Waals surface area contributed by atoms with Crippen molar-refractivity contribution in [3.8, 4) is 0 Å². The Morgan fingerprint density at radius 1 is 1.89 bits per heavy atom. The summed E-state index contributed by atoms with van der Waals surface area (Å²) in [6.45, 7) is 3.67. The van der Waals surface area contributed by atoms with Gasteiger partial charge in [0.25, 0.3) is 0 Å². The molecule has 1 aliphatic rings. The normalized spacial score (nSPS) is 25.8. The first kappa shape index (κ1) is 6.13. The fourth-order valence-electron chi connectivity index (χ4n) is 0.923. The third-order valence-corrected chi connectivity index (χ3v) is 1.46. The summed E-state index contributed by atoms with van der Waals surface area (Å²) >= 11 is 0. The van der Waals surface area contributed by atoms with Gasteiger partial charge in [-0.25, -0.2) is 0 Å². The van der Waals surface area contributed by atoms with Crippen molar-refractivity contribution in [1.29, 1.82) is 0 Å². The predicted molar refractivity (Wildman–Crippen MR) is 34.5 cm³/mol. The lowest BCUT2D eigenvalue weighted by atomic mass is 10.2. The molecule has 0 radical (unpaired) electrons. The van der Waals surface area contributed by atoms with Gasteiger partial charge in [-0.15, -0.1) is 0 Å². The zero-order valence-corrected chi connectivity index (χ0v) is 5.18. The summed E-state index contributed by atoms with van der Waals surface area (Å²) in [5, 5.41) is 2.88. The van der Waals surface area contributed by atoms with Crippen LogP contribution in [0.5, 0.6) is 0 Å². The van der Waals surface area contributed by atoms with Crippen molar-refractivity contribution in [2.24, 2.45) is 5.73 Å². The Morgan fingerprint density at radius 2 is 2.56 bits per heavy atom. The van der Waals surface area contributed by atoms with Crippen LogP contribution >= 0.6 is 0 Å². The van der Waals surface area contributed by atoms with Crippen molar-refractivity contribution in [3.05, 3.63) is 12.3 Å². The molecule has 0 spiro atoms. The van der Waals surface area contributed by atoms with Crippen LogP contribution in [0.1, 0.15) is 12.8 Å². The quantitative estimate of drug-likeness (QED) is 0.508. The Morgan fingerprint density at radius 3 is 2.78 bits per heavy atom. The summed E-state index contributed by atoms with van der Waals surface area (Å²) in [4.78, 5) is 10.5. The number of carbonyl (C=O) groups excluding carboxylic acids is 1. The molecule has 50 valence electrons. The Labute approximate surface area is 53.9 Å². The van der Waals surface area contributed by atoms with E-state index in [-0.39, 0.29) is 11.9 Å². The summed E-state index contributed by atoms with van der Waals surface area (Å²) in [6, 6.07) is -0.169. The molecule has 9 heavy (non-hydrogen) atoms. The molecule has 1 heterocycles. The Hall–Kier alpha value is -0.990. The SMILES string of the molecule is C=C1CCC(C(N)=O)N1. The zero-order chi connectivity index (χ0) is 6.85. The van der Waals surface area contributed by atoms with Crippen LogP contribution in [0.2, 0.25) is 0 Å². The van der Waals surface area contributed by atoms with E-state index in [9.17, 15) is 4.79 Å². The van der Waals surface area contributed by atoms with Crippen LogP contribution in [0, 0.1) is 0 Å². The smallest absolute Gasteiger partial charge is 0.239 e. The highest BCUT2D eigenvalue weighted by molar-refractivity contribution is 5.80. The third kappa shape index (κ3) is 1.22. The van der Waals surface area contributed by atoms with Crippen molar-refractivity contribution in [2.75, 3.05) is 0 Å². The van der Waals surface area contributed by atoms with Crippen molar-refractivity contribution in [1.82, 2.24) is 5.32 Å². The highest BCUT2D eigenvalue weighted by Gasteiger charge is 2.20. The number of hydrogen-bond donors (Lipinski definition) is 2. The maximum absolute atomic E-state index is 10.5. The molecule has 0 bridgehead atoms. The Kier molecular flexibility index (Phi) is 1.42. The van der Waals surface area contributed by atoms with Gasteiger partial charge in [0, 0.05) is 5.70 Å². The van der Waals surface area contributed by atoms with Gasteiger partial charge < -0.3 is 11.1 Å². The van der Waals surface area contributed by atoms with Gasteiger partial charge in [0.05, 0.1) is 0 Å². The minimum Gasteiger partial charge on any atom is -0.378 e. The van der Waals surface area contributed by atoms with Crippen molar-refractivity contribution < 1.29 is 4.79 Å². The lowest BCUT2D eigenvalue weighted by Gasteiger charge is -2.03. The maximum Gasteiger partial charge on any atom is 0.239 e. The minimum absolute atomic E-state index is 0.169. The maximum atomic E-state index is 10.5. The van der Waals surface area contributed by atoms with Gasteiger partial charge in [0.15, 0.2) is 0 Å². The number of primary amides is 1. The predicted octanol–water partition coefficient (Wildman–Crippen LogP) is -0.263. The molecule has 1 amide bonds. The lowest BCUT2D eigenvalue weighted by Crippen LogP contribution is -2.35. The summed E-state index contributed by atoms with van der Waals surface area (Å²) in [5.74, 6) is -0.284. The lowest BCUT2D eigenvalue weighted by molar-refractivity contribution is -0.119. The van der Waals surface area contributed by atoms with Crippen LogP contribution in [0.25, 0.3) is 0 Å². The summed E-state index contributed by atoms with van der Waals surface area (Å²) < 4.78 is 0. The number of nitrogens with two attached hydrogens (primary N) is 1. The topological polar surface area (TPSA) is 55.1 Å². The highest BCUT2D eigenvalue weighted by Crippen LogP contribution is 2.12. The minimum atomic E-state index is -0.284. The fourth-order valence-corrected chi connectivity index (χ4v) is 0.923. The number of allylic oxidation sites excluding steroid dienone is 1. The van der Waals surface area contributed by atoms with Gasteiger partial charge in [0.1, 0.15) is 6.04 Å². The molecule has 1 unspecified atom stereocenters. The summed E-state index contributed by atoms with van der Waals surface area (Å²) in [5.41, 5.74) is 5.93. The van der Waals surface area contributed by atoms with Gasteiger partial charge in [-0.3, -0.25) is 4.79 Å². The van der Waals surface area contributed by atoms with Crippen molar-refractivity contribution in [2.45, 2.75) is 18.9 Å². The number of nitrogens with one attached hydrogen (secondary N) is 1. The van der Waals surface area contributed by atoms with Crippen molar-refractivity contribution in [3.63, 3.8) is 0 Å². The molecular weight excluding hydrogens is 116 g/mol. The molecular formula is C6H10N2O. The third-order valence-electron chi connectivity index (χ3n) is 1.46. The molecule has 3 N–H and O–H groups in total. The Balaban J connectivity index is 2.48. The molecule has 1 saturated heterocycles. The van der Waals surface area contributed by atoms with Gasteiger partial charge in [0.2, 0.25) is 5.91 Å². The van der Waals surface area contributed by atoms with Gasteiger partial charge in [-0.05, 0) is 12.8 Å². The first-order valence-electron chi connectivity index (χ1n) is 2.94. The van der Waals surface area contributed by atoms with E-state index in [4.69, 9.17) is 5.73 Å². The molecule has 1 atom stereocenters. The van der Waals surface area contributed by atoms with E-state index in [0.29, 0.717) is 0 Å². The zero-order valence-electron chi connectivity index (χ0n) is 5.18. The molecule has 0 aromatic heterocycles. The summed E-state index contributed by atoms with van der Waals surface area (Å²) in [6.07, 6.45) is 1.67. The van der Waals surface area contributed by atoms with E-state index in [1.54, 1.807) is 0 Å². The Bertz CT molecular complexity index is 153. The van der Waals surface area contributed by atoms with E-state index in [1.807, 2.05) is 0 Å². The number of amides is 1. The van der Waals surface area contributed by atoms with Crippen molar-refractivity contribution >= 4 is 5.91 Å². The van der Waals surface area contributed by atoms with Crippen LogP contribution in [0.15, 0.2) is 12.3 Å². The molecule has 1 rings (SSSR count). The molecule has 0 aromatic rings. The summed E-state index contributed by atoms with van der Waals surface area (Å²) in [7, 11) is 0. The van der Waals surface area contributed by atoms with Crippen LogP contribution in [0.4, 0.5) is 0 Å². The highest BCUT2D eigenvalue weighted by atomic mass is 16.1. The van der Waals surface area contributed by atoms with Gasteiger partial charge in [-0.1, -0.05) is 6.58 Å². The molecule has 0 aliphatic carbocycles. The standard InChI is InChI=1S/C6H10N2O/c1-4-2-3-5(8-4)6(7)9/h5,8H,1-3H2,(H2,7,9). The number of carbonyl (C=O) groups is 1. The van der Waals surface area contributed by atoms with E-state index >= 15 is 0 Å². The number of hydrogen-bond acceptors (Lipinski definition) is 2. The molecule has 0 aromatic carbocycles. The average Bonchev–Trinajstić information content (AvgIpc) is 2.14. The van der Waals surface area contributed by atoms with Crippen LogP contribution in [-0.2, 0) is 4.79 Å². The van der Waals surface area contributed by atoms with E-state index in [1.165, 1.54) is 0 Å². The van der Waals surface area contributed by atoms with Crippen LogP contribution < -0.4 is 11.1 Å². The largest absolute Gasteiger partial charge is 0.378 e. The second-order valence-corrected chi connectivity index (χ2v) is 2.24. The first-order chi connectivity index (χ1) is 4.20. The second kappa shape index (κ2) is 2.09. The first-order valence-corrected chi connectivity index (χ1v) is 2.94. The molecule has 0 saturated carbocycles. The number of rotatable bonds is 1. The van der Waals surface area contributed by atoms with E-state index in [0.717, 1.165) is 18.5 Å². The fraction of sp³-hybridized carbons (Fsp3) is 0.500. The molecule has 3 nitrogen and oxygen atoms in total. The molecule has 1 fully saturated rings.